The number of pyridine rings is 1. The van der Waals surface area contributed by atoms with Gasteiger partial charge in [0.25, 0.3) is 0 Å². The molecule has 3 aromatic rings. The van der Waals surface area contributed by atoms with Crippen LogP contribution in [0.4, 0.5) is 5.82 Å². The number of hydrogen-bond acceptors (Lipinski definition) is 4. The summed E-state index contributed by atoms with van der Waals surface area (Å²) in [7, 11) is 0. The molecule has 1 atom stereocenters. The smallest absolute Gasteiger partial charge is 0.136 e. The first-order valence-corrected chi connectivity index (χ1v) is 10.9. The fourth-order valence-corrected chi connectivity index (χ4v) is 5.03. The average molecular weight is 388 g/mol. The van der Waals surface area contributed by atoms with Crippen LogP contribution in [-0.2, 0) is 6.42 Å². The maximum atomic E-state index is 10.4. The summed E-state index contributed by atoms with van der Waals surface area (Å²) in [4.78, 5) is 10.2. The largest absolute Gasteiger partial charge is 0.508 e. The number of aromatic nitrogens is 1. The number of rotatable bonds is 3. The highest BCUT2D eigenvalue weighted by molar-refractivity contribution is 5.92. The van der Waals surface area contributed by atoms with Crippen molar-refractivity contribution in [2.24, 2.45) is 0 Å². The number of phenolic OH excluding ortho intramolecular Hbond substituents is 1. The van der Waals surface area contributed by atoms with Crippen molar-refractivity contribution in [3.05, 3.63) is 65.4 Å². The normalized spacial score (nSPS) is 20.0. The number of nitrogens with zero attached hydrogens (tertiary/aromatic N) is 3. The monoisotopic (exact) mass is 387 g/mol. The number of anilines is 1. The van der Waals surface area contributed by atoms with Crippen molar-refractivity contribution in [1.82, 2.24) is 9.88 Å². The van der Waals surface area contributed by atoms with Gasteiger partial charge in [0.05, 0.1) is 5.69 Å². The maximum absolute atomic E-state index is 10.4. The van der Waals surface area contributed by atoms with E-state index >= 15 is 0 Å². The molecule has 1 N–H and O–H groups in total. The molecule has 1 saturated heterocycles. The Kier molecular flexibility index (Phi) is 4.88. The van der Waals surface area contributed by atoms with E-state index in [0.717, 1.165) is 69.1 Å². The van der Waals surface area contributed by atoms with Crippen LogP contribution in [0, 0.1) is 0 Å². The first-order chi connectivity index (χ1) is 14.2. The summed E-state index contributed by atoms with van der Waals surface area (Å²) in [6.07, 6.45) is 3.14. The standard InChI is InChI=1S/C25H29N3O/c1-2-27-13-15-28(16-14-27)25-19-8-4-3-7-18(19)17-23(26-25)21-10-5-11-22-20(21)9-6-12-24(22)29/h3-4,6-9,12,17,21,29H,2,5,10-11,13-16H2,1H3. The van der Waals surface area contributed by atoms with Gasteiger partial charge in [0.15, 0.2) is 0 Å². The predicted molar refractivity (Wildman–Crippen MR) is 119 cm³/mol. The number of piperazine rings is 1. The molecule has 1 aromatic heterocycles. The topological polar surface area (TPSA) is 39.6 Å². The summed E-state index contributed by atoms with van der Waals surface area (Å²) in [6.45, 7) is 7.59. The van der Waals surface area contributed by atoms with Crippen molar-refractivity contribution < 1.29 is 5.11 Å². The van der Waals surface area contributed by atoms with Crippen molar-refractivity contribution >= 4 is 16.6 Å². The molecule has 0 amide bonds. The third-order valence-electron chi connectivity index (χ3n) is 6.70. The van der Waals surface area contributed by atoms with Crippen molar-refractivity contribution in [3.8, 4) is 5.75 Å². The Morgan fingerprint density at radius 3 is 2.69 bits per heavy atom. The fraction of sp³-hybridized carbons (Fsp3) is 0.400. The van der Waals surface area contributed by atoms with E-state index in [4.69, 9.17) is 4.98 Å². The SMILES string of the molecule is CCN1CCN(c2nc(C3CCCc4c(O)cccc43)cc3ccccc23)CC1. The van der Waals surface area contributed by atoms with Crippen LogP contribution in [0.2, 0.25) is 0 Å². The van der Waals surface area contributed by atoms with Crippen molar-refractivity contribution in [1.29, 1.82) is 0 Å². The Balaban J connectivity index is 1.59. The summed E-state index contributed by atoms with van der Waals surface area (Å²) in [5.74, 6) is 1.82. The molecule has 2 heterocycles. The Morgan fingerprint density at radius 1 is 1.03 bits per heavy atom. The number of hydrogen-bond donors (Lipinski definition) is 1. The fourth-order valence-electron chi connectivity index (χ4n) is 5.03. The number of benzene rings is 2. The van der Waals surface area contributed by atoms with E-state index in [1.165, 1.54) is 16.3 Å². The summed E-state index contributed by atoms with van der Waals surface area (Å²) in [6, 6.07) is 16.9. The van der Waals surface area contributed by atoms with E-state index in [1.54, 1.807) is 0 Å². The zero-order chi connectivity index (χ0) is 19.8. The second-order valence-electron chi connectivity index (χ2n) is 8.30. The number of aromatic hydroxyl groups is 1. The number of likely N-dealkylation sites (N-methyl/N-ethyl adjacent to an activating group) is 1. The van der Waals surface area contributed by atoms with Crippen LogP contribution in [-0.4, -0.2) is 47.7 Å². The minimum Gasteiger partial charge on any atom is -0.508 e. The zero-order valence-electron chi connectivity index (χ0n) is 17.1. The molecule has 0 bridgehead atoms. The van der Waals surface area contributed by atoms with Crippen molar-refractivity contribution in [2.75, 3.05) is 37.6 Å². The molecule has 1 fully saturated rings. The van der Waals surface area contributed by atoms with Crippen LogP contribution >= 0.6 is 0 Å². The Morgan fingerprint density at radius 2 is 1.86 bits per heavy atom. The molecule has 0 radical (unpaired) electrons. The van der Waals surface area contributed by atoms with Crippen molar-refractivity contribution in [3.63, 3.8) is 0 Å². The van der Waals surface area contributed by atoms with Gasteiger partial charge in [0.1, 0.15) is 11.6 Å². The lowest BCUT2D eigenvalue weighted by atomic mass is 9.80. The Hall–Kier alpha value is -2.59. The lowest BCUT2D eigenvalue weighted by molar-refractivity contribution is 0.270. The minimum absolute atomic E-state index is 0.256. The van der Waals surface area contributed by atoms with Gasteiger partial charge >= 0.3 is 0 Å². The molecular weight excluding hydrogens is 358 g/mol. The molecule has 150 valence electrons. The van der Waals surface area contributed by atoms with E-state index in [2.05, 4.69) is 53.1 Å². The molecule has 1 unspecified atom stereocenters. The summed E-state index contributed by atoms with van der Waals surface area (Å²) < 4.78 is 0. The minimum atomic E-state index is 0.256. The molecule has 1 aliphatic carbocycles. The third kappa shape index (κ3) is 3.36. The molecule has 1 aliphatic heterocycles. The highest BCUT2D eigenvalue weighted by Crippen LogP contribution is 2.41. The Labute approximate surface area is 172 Å². The van der Waals surface area contributed by atoms with Gasteiger partial charge in [-0.1, -0.05) is 43.3 Å². The lowest BCUT2D eigenvalue weighted by Gasteiger charge is -2.36. The molecular formula is C25H29N3O. The van der Waals surface area contributed by atoms with Gasteiger partial charge < -0.3 is 14.9 Å². The van der Waals surface area contributed by atoms with Crippen molar-refractivity contribution in [2.45, 2.75) is 32.1 Å². The summed E-state index contributed by atoms with van der Waals surface area (Å²) in [5.41, 5.74) is 3.50. The molecule has 2 aromatic carbocycles. The first kappa shape index (κ1) is 18.4. The summed E-state index contributed by atoms with van der Waals surface area (Å²) in [5, 5.41) is 12.9. The van der Waals surface area contributed by atoms with Crippen LogP contribution in [0.3, 0.4) is 0 Å². The first-order valence-electron chi connectivity index (χ1n) is 10.9. The highest BCUT2D eigenvalue weighted by Gasteiger charge is 2.27. The molecule has 0 spiro atoms. The van der Waals surface area contributed by atoms with E-state index < -0.39 is 0 Å². The predicted octanol–water partition coefficient (Wildman–Crippen LogP) is 4.55. The van der Waals surface area contributed by atoms with E-state index in [1.807, 2.05) is 12.1 Å². The highest BCUT2D eigenvalue weighted by atomic mass is 16.3. The number of fused-ring (bicyclic) bond motifs is 2. The Bertz CT molecular complexity index is 1020. The summed E-state index contributed by atoms with van der Waals surface area (Å²) >= 11 is 0. The van der Waals surface area contributed by atoms with Crippen LogP contribution < -0.4 is 4.90 Å². The van der Waals surface area contributed by atoms with Crippen LogP contribution in [0.5, 0.6) is 5.75 Å². The van der Waals surface area contributed by atoms with E-state index in [9.17, 15) is 5.11 Å². The van der Waals surface area contributed by atoms with Gasteiger partial charge in [-0.3, -0.25) is 0 Å². The van der Waals surface area contributed by atoms with Gasteiger partial charge in [-0.05, 0) is 54.5 Å². The van der Waals surface area contributed by atoms with Crippen LogP contribution in [0.15, 0.2) is 48.5 Å². The van der Waals surface area contributed by atoms with Gasteiger partial charge in [0.2, 0.25) is 0 Å². The van der Waals surface area contributed by atoms with E-state index in [0.29, 0.717) is 5.75 Å². The van der Waals surface area contributed by atoms with Crippen LogP contribution in [0.25, 0.3) is 10.8 Å². The zero-order valence-corrected chi connectivity index (χ0v) is 17.1. The van der Waals surface area contributed by atoms with Crippen LogP contribution in [0.1, 0.15) is 42.5 Å². The molecule has 29 heavy (non-hydrogen) atoms. The van der Waals surface area contributed by atoms with Gasteiger partial charge in [0, 0.05) is 37.5 Å². The quantitative estimate of drug-likeness (QED) is 0.716. The van der Waals surface area contributed by atoms with Gasteiger partial charge in [-0.15, -0.1) is 0 Å². The number of phenols is 1. The molecule has 4 nitrogen and oxygen atoms in total. The van der Waals surface area contributed by atoms with Gasteiger partial charge in [-0.2, -0.15) is 0 Å². The van der Waals surface area contributed by atoms with E-state index in [-0.39, 0.29) is 5.92 Å². The molecule has 5 rings (SSSR count). The average Bonchev–Trinajstić information content (AvgIpc) is 2.78. The molecule has 4 heteroatoms. The van der Waals surface area contributed by atoms with Gasteiger partial charge in [-0.25, -0.2) is 4.98 Å². The molecule has 2 aliphatic rings. The molecule has 0 saturated carbocycles. The maximum Gasteiger partial charge on any atom is 0.136 e. The second-order valence-corrected chi connectivity index (χ2v) is 8.30. The lowest BCUT2D eigenvalue weighted by Crippen LogP contribution is -2.46. The third-order valence-corrected chi connectivity index (χ3v) is 6.70. The second kappa shape index (κ2) is 7.68.